The average Bonchev–Trinajstić information content (AvgIpc) is 3.04. The number of aromatic nitrogens is 2. The molecule has 0 aliphatic rings. The van der Waals surface area contributed by atoms with Crippen LogP contribution in [-0.4, -0.2) is 40.2 Å². The molecule has 4 nitrogen and oxygen atoms in total. The van der Waals surface area contributed by atoms with Gasteiger partial charge in [0.25, 0.3) is 0 Å². The molecule has 0 radical (unpaired) electrons. The summed E-state index contributed by atoms with van der Waals surface area (Å²) in [6.07, 6.45) is -4.97. The van der Waals surface area contributed by atoms with Crippen LogP contribution in [0, 0.1) is 0 Å². The van der Waals surface area contributed by atoms with Crippen molar-refractivity contribution in [3.63, 3.8) is 0 Å². The lowest BCUT2D eigenvalue weighted by atomic mass is 10.0. The molecule has 1 unspecified atom stereocenters. The zero-order chi connectivity index (χ0) is 21.1. The van der Waals surface area contributed by atoms with Gasteiger partial charge in [0.1, 0.15) is 12.4 Å². The molecule has 1 N–H and O–H groups in total. The number of alkyl halides is 3. The number of ether oxygens (including phenoxy) is 1. The van der Waals surface area contributed by atoms with Gasteiger partial charge in [0, 0.05) is 6.42 Å². The van der Waals surface area contributed by atoms with Crippen molar-refractivity contribution >= 4 is 21.8 Å². The third-order valence-electron chi connectivity index (χ3n) is 4.93. The summed E-state index contributed by atoms with van der Waals surface area (Å²) in [7, 11) is 0. The molecule has 0 bridgehead atoms. The largest absolute Gasteiger partial charge is 0.411 e. The van der Waals surface area contributed by atoms with Crippen molar-refractivity contribution in [2.45, 2.75) is 25.2 Å². The molecular formula is C23H21F3N2O2. The fraction of sp³-hybridized carbons (Fsp3) is 0.261. The van der Waals surface area contributed by atoms with Crippen LogP contribution in [0.3, 0.4) is 0 Å². The van der Waals surface area contributed by atoms with Crippen LogP contribution in [0.2, 0.25) is 0 Å². The van der Waals surface area contributed by atoms with E-state index in [0.29, 0.717) is 6.42 Å². The van der Waals surface area contributed by atoms with Gasteiger partial charge in [0.05, 0.1) is 30.3 Å². The van der Waals surface area contributed by atoms with Crippen molar-refractivity contribution in [1.29, 1.82) is 0 Å². The first-order chi connectivity index (χ1) is 14.4. The topological polar surface area (TPSA) is 47.3 Å². The Balaban J connectivity index is 1.62. The lowest BCUT2D eigenvalue weighted by Crippen LogP contribution is -2.26. The Bertz CT molecular complexity index is 1150. The molecule has 1 aromatic heterocycles. The molecule has 1 heterocycles. The second-order valence-corrected chi connectivity index (χ2v) is 7.23. The molecule has 0 aliphatic heterocycles. The highest BCUT2D eigenvalue weighted by molar-refractivity contribution is 5.86. The standard InChI is InChI=1S/C23H21F3N2O2/c24-23(25,26)15-30-14-18(29)13-28-21-11-4-3-10-20(21)27-22(28)12-17-8-5-7-16-6-1-2-9-19(16)17/h1-11,18,29H,12-15H2. The van der Waals surface area contributed by atoms with E-state index < -0.39 is 25.5 Å². The van der Waals surface area contributed by atoms with E-state index in [-0.39, 0.29) is 6.54 Å². The number of para-hydroxylation sites is 2. The summed E-state index contributed by atoms with van der Waals surface area (Å²) < 4.78 is 43.4. The van der Waals surface area contributed by atoms with Crippen molar-refractivity contribution < 1.29 is 23.0 Å². The predicted octanol–water partition coefficient (Wildman–Crippen LogP) is 4.72. The Hall–Kier alpha value is -2.90. The van der Waals surface area contributed by atoms with E-state index >= 15 is 0 Å². The van der Waals surface area contributed by atoms with Crippen LogP contribution >= 0.6 is 0 Å². The molecule has 1 atom stereocenters. The molecule has 0 spiro atoms. The number of fused-ring (bicyclic) bond motifs is 2. The molecule has 0 saturated carbocycles. The van der Waals surface area contributed by atoms with Gasteiger partial charge in [-0.3, -0.25) is 0 Å². The van der Waals surface area contributed by atoms with E-state index in [1.807, 2.05) is 65.2 Å². The van der Waals surface area contributed by atoms with E-state index in [1.165, 1.54) is 0 Å². The van der Waals surface area contributed by atoms with Gasteiger partial charge >= 0.3 is 6.18 Å². The van der Waals surface area contributed by atoms with Crippen molar-refractivity contribution in [2.24, 2.45) is 0 Å². The van der Waals surface area contributed by atoms with E-state index in [1.54, 1.807) is 0 Å². The third-order valence-corrected chi connectivity index (χ3v) is 4.93. The van der Waals surface area contributed by atoms with Gasteiger partial charge in [-0.15, -0.1) is 0 Å². The minimum atomic E-state index is -4.42. The minimum absolute atomic E-state index is 0.0957. The third kappa shape index (κ3) is 4.63. The Morgan fingerprint density at radius 2 is 1.70 bits per heavy atom. The fourth-order valence-electron chi connectivity index (χ4n) is 3.66. The summed E-state index contributed by atoms with van der Waals surface area (Å²) in [5.41, 5.74) is 2.69. The fourth-order valence-corrected chi connectivity index (χ4v) is 3.66. The molecule has 30 heavy (non-hydrogen) atoms. The maximum absolute atomic E-state index is 12.3. The highest BCUT2D eigenvalue weighted by atomic mass is 19.4. The predicted molar refractivity (Wildman–Crippen MR) is 109 cm³/mol. The quantitative estimate of drug-likeness (QED) is 0.476. The molecule has 0 saturated heterocycles. The van der Waals surface area contributed by atoms with E-state index in [2.05, 4.69) is 10.8 Å². The number of aliphatic hydroxyl groups excluding tert-OH is 1. The summed E-state index contributed by atoms with van der Waals surface area (Å²) in [5, 5.41) is 12.5. The Morgan fingerprint density at radius 3 is 2.53 bits per heavy atom. The molecular weight excluding hydrogens is 393 g/mol. The number of hydrogen-bond donors (Lipinski definition) is 1. The maximum atomic E-state index is 12.3. The van der Waals surface area contributed by atoms with Crippen molar-refractivity contribution in [3.8, 4) is 0 Å². The molecule has 7 heteroatoms. The van der Waals surface area contributed by atoms with Gasteiger partial charge in [-0.2, -0.15) is 13.2 Å². The number of nitrogens with zero attached hydrogens (tertiary/aromatic N) is 2. The first kappa shape index (κ1) is 20.4. The average molecular weight is 414 g/mol. The van der Waals surface area contributed by atoms with Crippen LogP contribution in [0.25, 0.3) is 21.8 Å². The van der Waals surface area contributed by atoms with Crippen LogP contribution in [0.15, 0.2) is 66.7 Å². The molecule has 4 aromatic rings. The SMILES string of the molecule is OC(COCC(F)(F)F)Cn1c(Cc2cccc3ccccc23)nc2ccccc21. The monoisotopic (exact) mass is 414 g/mol. The number of aliphatic hydroxyl groups is 1. The molecule has 0 amide bonds. The Labute approximate surface area is 171 Å². The zero-order valence-corrected chi connectivity index (χ0v) is 16.1. The maximum Gasteiger partial charge on any atom is 0.411 e. The van der Waals surface area contributed by atoms with Gasteiger partial charge in [-0.05, 0) is 28.5 Å². The summed E-state index contributed by atoms with van der Waals surface area (Å²) >= 11 is 0. The zero-order valence-electron chi connectivity index (χ0n) is 16.1. The minimum Gasteiger partial charge on any atom is -0.389 e. The normalized spacial score (nSPS) is 13.2. The number of hydrogen-bond acceptors (Lipinski definition) is 3. The second-order valence-electron chi connectivity index (χ2n) is 7.23. The van der Waals surface area contributed by atoms with Gasteiger partial charge in [-0.25, -0.2) is 4.98 Å². The van der Waals surface area contributed by atoms with E-state index in [0.717, 1.165) is 33.2 Å². The van der Waals surface area contributed by atoms with Crippen molar-refractivity contribution in [3.05, 3.63) is 78.1 Å². The highest BCUT2D eigenvalue weighted by Crippen LogP contribution is 2.24. The second kappa shape index (κ2) is 8.45. The molecule has 0 aliphatic carbocycles. The number of benzene rings is 3. The summed E-state index contributed by atoms with van der Waals surface area (Å²) in [4.78, 5) is 4.72. The van der Waals surface area contributed by atoms with Crippen LogP contribution < -0.4 is 0 Å². The van der Waals surface area contributed by atoms with Gasteiger partial charge in [0.2, 0.25) is 0 Å². The van der Waals surface area contributed by atoms with Gasteiger partial charge in [0.15, 0.2) is 0 Å². The smallest absolute Gasteiger partial charge is 0.389 e. The molecule has 0 fully saturated rings. The Kier molecular flexibility index (Phi) is 5.74. The number of halogens is 3. The summed E-state index contributed by atoms with van der Waals surface area (Å²) in [6, 6.07) is 21.7. The van der Waals surface area contributed by atoms with Crippen LogP contribution in [-0.2, 0) is 17.7 Å². The van der Waals surface area contributed by atoms with Gasteiger partial charge in [-0.1, -0.05) is 54.6 Å². The number of rotatable bonds is 7. The van der Waals surface area contributed by atoms with Crippen molar-refractivity contribution in [1.82, 2.24) is 9.55 Å². The number of imidazole rings is 1. The highest BCUT2D eigenvalue weighted by Gasteiger charge is 2.28. The van der Waals surface area contributed by atoms with E-state index in [4.69, 9.17) is 4.98 Å². The van der Waals surface area contributed by atoms with Crippen LogP contribution in [0.4, 0.5) is 13.2 Å². The lowest BCUT2D eigenvalue weighted by molar-refractivity contribution is -0.179. The first-order valence-electron chi connectivity index (χ1n) is 9.64. The molecule has 3 aromatic carbocycles. The van der Waals surface area contributed by atoms with Crippen LogP contribution in [0.5, 0.6) is 0 Å². The summed E-state index contributed by atoms with van der Waals surface area (Å²) in [5.74, 6) is 0.738. The van der Waals surface area contributed by atoms with E-state index in [9.17, 15) is 18.3 Å². The summed E-state index contributed by atoms with van der Waals surface area (Å²) in [6.45, 7) is -1.68. The Morgan fingerprint density at radius 1 is 0.967 bits per heavy atom. The molecule has 4 rings (SSSR count). The van der Waals surface area contributed by atoms with Crippen LogP contribution in [0.1, 0.15) is 11.4 Å². The van der Waals surface area contributed by atoms with Gasteiger partial charge < -0.3 is 14.4 Å². The molecule has 156 valence electrons. The first-order valence-corrected chi connectivity index (χ1v) is 9.64. The van der Waals surface area contributed by atoms with Crippen molar-refractivity contribution in [2.75, 3.05) is 13.2 Å². The lowest BCUT2D eigenvalue weighted by Gasteiger charge is -2.16.